The van der Waals surface area contributed by atoms with Gasteiger partial charge < -0.3 is 35.5 Å². The molecule has 4 N–H and O–H groups in total. The van der Waals surface area contributed by atoms with Crippen molar-refractivity contribution in [3.63, 3.8) is 0 Å². The van der Waals surface area contributed by atoms with Gasteiger partial charge in [0.15, 0.2) is 0 Å². The zero-order chi connectivity index (χ0) is 35.9. The minimum atomic E-state index is -0.0585. The zero-order valence-corrected chi connectivity index (χ0v) is 30.3. The number of nitrogens with one attached hydrogen (secondary N) is 4. The highest BCUT2D eigenvalue weighted by Gasteiger charge is 2.15. The van der Waals surface area contributed by atoms with E-state index in [9.17, 15) is 9.59 Å². The predicted octanol–water partition coefficient (Wildman–Crippen LogP) is 4.72. The smallest absolute Gasteiger partial charge is 0.216 e. The zero-order valence-electron chi connectivity index (χ0n) is 29.5. The Hall–Kier alpha value is -4.65. The molecule has 0 spiro atoms. The topological polar surface area (TPSA) is 141 Å². The molecule has 0 aliphatic rings. The first-order valence-electron chi connectivity index (χ1n) is 16.8. The fourth-order valence-corrected chi connectivity index (χ4v) is 5.64. The number of benzene rings is 3. The Morgan fingerprint density at radius 2 is 1.48 bits per heavy atom. The highest BCUT2D eigenvalue weighted by molar-refractivity contribution is 6.32. The van der Waals surface area contributed by atoms with Crippen molar-refractivity contribution in [2.45, 2.75) is 60.4 Å². The largest absolute Gasteiger partial charge is 0.496 e. The van der Waals surface area contributed by atoms with Crippen molar-refractivity contribution in [3.05, 3.63) is 87.7 Å². The Bertz CT molecular complexity index is 1730. The monoisotopic (exact) mass is 705 g/mol. The molecule has 0 fully saturated rings. The number of amides is 2. The van der Waals surface area contributed by atoms with Gasteiger partial charge in [-0.3, -0.25) is 14.3 Å². The van der Waals surface area contributed by atoms with Gasteiger partial charge >= 0.3 is 0 Å². The summed E-state index contributed by atoms with van der Waals surface area (Å²) in [5.74, 6) is 1.96. The first-order valence-corrected chi connectivity index (χ1v) is 17.1. The summed E-state index contributed by atoms with van der Waals surface area (Å²) in [7, 11) is 1.62. The molecule has 0 radical (unpaired) electrons. The molecular weight excluding hydrogens is 658 g/mol. The number of hydrogen-bond acceptors (Lipinski definition) is 9. The molecule has 0 saturated heterocycles. The van der Waals surface area contributed by atoms with Crippen LogP contribution in [0.5, 0.6) is 17.2 Å². The van der Waals surface area contributed by atoms with E-state index in [1.54, 1.807) is 7.11 Å². The normalized spacial score (nSPS) is 10.9. The Morgan fingerprint density at radius 3 is 2.18 bits per heavy atom. The molecule has 3 aromatic carbocycles. The second kappa shape index (κ2) is 19.5. The van der Waals surface area contributed by atoms with Crippen LogP contribution >= 0.6 is 11.6 Å². The lowest BCUT2D eigenvalue weighted by atomic mass is 9.93. The first kappa shape index (κ1) is 38.2. The van der Waals surface area contributed by atoms with E-state index in [0.29, 0.717) is 75.5 Å². The maximum Gasteiger partial charge on any atom is 0.216 e. The van der Waals surface area contributed by atoms with Crippen molar-refractivity contribution in [1.29, 1.82) is 0 Å². The molecule has 268 valence electrons. The third-order valence-corrected chi connectivity index (χ3v) is 8.38. The van der Waals surface area contributed by atoms with Gasteiger partial charge in [0.25, 0.3) is 0 Å². The van der Waals surface area contributed by atoms with E-state index < -0.39 is 0 Å². The maximum absolute atomic E-state index is 11.1. The molecule has 0 unspecified atom stereocenters. The number of hydrogen-bond donors (Lipinski definition) is 4. The van der Waals surface area contributed by atoms with Gasteiger partial charge in [-0.05, 0) is 53.8 Å². The molecule has 4 aromatic rings. The summed E-state index contributed by atoms with van der Waals surface area (Å²) < 4.78 is 19.9. The number of halogens is 1. The summed E-state index contributed by atoms with van der Waals surface area (Å²) >= 11 is 6.63. The summed E-state index contributed by atoms with van der Waals surface area (Å²) in [5, 5.41) is 21.0. The van der Waals surface area contributed by atoms with Crippen LogP contribution in [0.15, 0.2) is 54.7 Å². The minimum absolute atomic E-state index is 0.0399. The van der Waals surface area contributed by atoms with Gasteiger partial charge in [0, 0.05) is 83.9 Å². The molecule has 4 rings (SSSR count). The fourth-order valence-electron chi connectivity index (χ4n) is 5.40. The van der Waals surface area contributed by atoms with Gasteiger partial charge in [0.05, 0.1) is 24.4 Å². The molecule has 12 nitrogen and oxygen atoms in total. The summed E-state index contributed by atoms with van der Waals surface area (Å²) in [6.45, 7) is 12.3. The van der Waals surface area contributed by atoms with Crippen LogP contribution in [0.4, 0.5) is 0 Å². The maximum atomic E-state index is 11.1. The number of ether oxygens (including phenoxy) is 3. The van der Waals surface area contributed by atoms with Crippen LogP contribution in [0.1, 0.15) is 48.2 Å². The lowest BCUT2D eigenvalue weighted by Crippen LogP contribution is -2.29. The minimum Gasteiger partial charge on any atom is -0.496 e. The number of aromatic nitrogens is 3. The highest BCUT2D eigenvalue weighted by atomic mass is 35.5. The average molecular weight is 706 g/mol. The number of methoxy groups -OCH3 is 1. The summed E-state index contributed by atoms with van der Waals surface area (Å²) in [6.07, 6.45) is 2.70. The van der Waals surface area contributed by atoms with Crippen molar-refractivity contribution in [2.75, 3.05) is 39.9 Å². The van der Waals surface area contributed by atoms with Gasteiger partial charge in [-0.1, -0.05) is 47.1 Å². The SMILES string of the molecule is COc1cc(OCc2cccc(-c3cccc(OCCCn4cc(CNCCNC(C)=O)nn4)c3C)c2C)c(Cl)cc1CNCCNC(C)=O. The Kier molecular flexibility index (Phi) is 14.9. The molecular formula is C37H48ClN7O5. The molecule has 0 bridgehead atoms. The van der Waals surface area contributed by atoms with Crippen molar-refractivity contribution in [3.8, 4) is 28.4 Å². The third kappa shape index (κ3) is 11.5. The number of carbonyl (C=O) groups excluding carboxylic acids is 2. The van der Waals surface area contributed by atoms with Gasteiger partial charge in [0.1, 0.15) is 23.9 Å². The Labute approximate surface area is 299 Å². The van der Waals surface area contributed by atoms with Crippen LogP contribution in [-0.2, 0) is 35.8 Å². The number of aryl methyl sites for hydroxylation is 1. The van der Waals surface area contributed by atoms with Crippen molar-refractivity contribution in [1.82, 2.24) is 36.3 Å². The van der Waals surface area contributed by atoms with E-state index in [0.717, 1.165) is 51.2 Å². The van der Waals surface area contributed by atoms with Crippen molar-refractivity contribution < 1.29 is 23.8 Å². The molecule has 1 heterocycles. The average Bonchev–Trinajstić information content (AvgIpc) is 3.54. The molecule has 0 aliphatic heterocycles. The van der Waals surface area contributed by atoms with Gasteiger partial charge in [0.2, 0.25) is 11.8 Å². The van der Waals surface area contributed by atoms with Crippen LogP contribution < -0.4 is 35.5 Å². The molecule has 2 amide bonds. The lowest BCUT2D eigenvalue weighted by molar-refractivity contribution is -0.119. The van der Waals surface area contributed by atoms with Gasteiger partial charge in [-0.25, -0.2) is 0 Å². The van der Waals surface area contributed by atoms with E-state index in [2.05, 4.69) is 63.6 Å². The second-order valence-electron chi connectivity index (χ2n) is 11.9. The third-order valence-electron chi connectivity index (χ3n) is 8.09. The van der Waals surface area contributed by atoms with Crippen LogP contribution in [-0.4, -0.2) is 66.7 Å². The van der Waals surface area contributed by atoms with Crippen LogP contribution in [0.25, 0.3) is 11.1 Å². The summed E-state index contributed by atoms with van der Waals surface area (Å²) in [5.41, 5.74) is 7.18. The number of nitrogens with zero attached hydrogens (tertiary/aromatic N) is 3. The van der Waals surface area contributed by atoms with E-state index in [1.165, 1.54) is 13.8 Å². The summed E-state index contributed by atoms with van der Waals surface area (Å²) in [4.78, 5) is 22.0. The van der Waals surface area contributed by atoms with E-state index in [4.69, 9.17) is 25.8 Å². The molecule has 50 heavy (non-hydrogen) atoms. The summed E-state index contributed by atoms with van der Waals surface area (Å²) in [6, 6.07) is 16.0. The fraction of sp³-hybridized carbons (Fsp3) is 0.405. The van der Waals surface area contributed by atoms with Crippen molar-refractivity contribution in [2.24, 2.45) is 0 Å². The number of rotatable bonds is 20. The molecule has 0 aliphatic carbocycles. The standard InChI is InChI=1S/C37H48ClN7O5/c1-25-29(24-50-37-20-36(48-5)30(19-34(37)38)21-39-13-15-41-27(3)46)9-6-10-32(25)33-11-7-12-35(26(33)2)49-18-8-17-45-23-31(43-44-45)22-40-14-16-42-28(4)47/h6-7,9-12,19-20,23,39-40H,8,13-18,21-22,24H2,1-5H3,(H,41,46)(H,42,47). The van der Waals surface area contributed by atoms with Crippen LogP contribution in [0.3, 0.4) is 0 Å². The predicted molar refractivity (Wildman–Crippen MR) is 195 cm³/mol. The molecule has 13 heteroatoms. The van der Waals surface area contributed by atoms with Crippen molar-refractivity contribution >= 4 is 23.4 Å². The molecule has 0 saturated carbocycles. The second-order valence-corrected chi connectivity index (χ2v) is 12.3. The first-order chi connectivity index (χ1) is 24.2. The quantitative estimate of drug-likeness (QED) is 0.0962. The molecule has 1 aromatic heterocycles. The van der Waals surface area contributed by atoms with Crippen LogP contribution in [0, 0.1) is 13.8 Å². The lowest BCUT2D eigenvalue weighted by Gasteiger charge is -2.18. The Morgan fingerprint density at radius 1 is 0.800 bits per heavy atom. The number of carbonyl (C=O) groups is 2. The Balaban J connectivity index is 1.31. The van der Waals surface area contributed by atoms with Gasteiger partial charge in [-0.15, -0.1) is 5.10 Å². The van der Waals surface area contributed by atoms with E-state index in [1.807, 2.05) is 41.2 Å². The van der Waals surface area contributed by atoms with E-state index >= 15 is 0 Å². The molecule has 0 atom stereocenters. The van der Waals surface area contributed by atoms with Gasteiger partial charge in [-0.2, -0.15) is 0 Å². The van der Waals surface area contributed by atoms with E-state index in [-0.39, 0.29) is 11.8 Å². The highest BCUT2D eigenvalue weighted by Crippen LogP contribution is 2.36. The van der Waals surface area contributed by atoms with Crippen LogP contribution in [0.2, 0.25) is 5.02 Å².